The van der Waals surface area contributed by atoms with Crippen molar-refractivity contribution in [2.75, 3.05) is 5.32 Å². The zero-order valence-electron chi connectivity index (χ0n) is 15.0. The molecule has 0 fully saturated rings. The molecule has 138 valence electrons. The lowest BCUT2D eigenvalue weighted by Crippen LogP contribution is -2.23. The van der Waals surface area contributed by atoms with Gasteiger partial charge in [-0.15, -0.1) is 0 Å². The summed E-state index contributed by atoms with van der Waals surface area (Å²) in [6.45, 7) is 2.29. The number of amides is 1. The first-order valence-electron chi connectivity index (χ1n) is 8.57. The zero-order valence-corrected chi connectivity index (χ0v) is 15.0. The molecule has 3 aromatic rings. The summed E-state index contributed by atoms with van der Waals surface area (Å²) < 4.78 is 1.13. The SMILES string of the molecule is Cc1ccc(C(=O)O)c2c1N=[N+]2C(=O)c1cccnc1NCc1ccncc1. The molecule has 8 heteroatoms. The van der Waals surface area contributed by atoms with Crippen molar-refractivity contribution in [1.29, 1.82) is 0 Å². The fourth-order valence-corrected chi connectivity index (χ4v) is 2.97. The van der Waals surface area contributed by atoms with Gasteiger partial charge in [-0.1, -0.05) is 6.07 Å². The molecule has 0 saturated carbocycles. The predicted molar refractivity (Wildman–Crippen MR) is 100 cm³/mol. The molecule has 0 spiro atoms. The molecule has 1 aliphatic heterocycles. The number of nitrogens with zero attached hydrogens (tertiary/aromatic N) is 4. The molecule has 0 aliphatic carbocycles. The van der Waals surface area contributed by atoms with Gasteiger partial charge in [-0.2, -0.15) is 0 Å². The normalized spacial score (nSPS) is 11.8. The van der Waals surface area contributed by atoms with Crippen molar-refractivity contribution in [2.24, 2.45) is 5.11 Å². The van der Waals surface area contributed by atoms with Crippen molar-refractivity contribution in [1.82, 2.24) is 9.97 Å². The Bertz CT molecular complexity index is 1130. The van der Waals surface area contributed by atoms with Crippen LogP contribution in [0, 0.1) is 6.92 Å². The standard InChI is InChI=1S/C20H15N5O3/c1-12-4-5-14(20(27)28)17-16(12)24-25(17)19(26)15-3-2-8-22-18(15)23-11-13-6-9-21-10-7-13/h2-10H,11H2,1H3,(H-,22,23,26,27,28)/p+1. The molecule has 8 nitrogen and oxygen atoms in total. The van der Waals surface area contributed by atoms with E-state index in [1.165, 1.54) is 6.07 Å². The molecule has 0 bridgehead atoms. The van der Waals surface area contributed by atoms with Gasteiger partial charge in [-0.25, -0.2) is 14.6 Å². The second-order valence-corrected chi connectivity index (χ2v) is 6.26. The van der Waals surface area contributed by atoms with Gasteiger partial charge >= 0.3 is 11.9 Å². The fraction of sp³-hybridized carbons (Fsp3) is 0.100. The molecule has 1 aliphatic rings. The highest BCUT2D eigenvalue weighted by Crippen LogP contribution is 2.43. The van der Waals surface area contributed by atoms with Gasteiger partial charge in [0, 0.05) is 30.2 Å². The number of nitrogens with one attached hydrogen (secondary N) is 1. The van der Waals surface area contributed by atoms with Crippen LogP contribution in [-0.2, 0) is 6.54 Å². The molecule has 4 rings (SSSR count). The second kappa shape index (κ2) is 6.99. The first kappa shape index (κ1) is 17.5. The lowest BCUT2D eigenvalue weighted by atomic mass is 10.0. The van der Waals surface area contributed by atoms with Crippen LogP contribution in [0.4, 0.5) is 17.2 Å². The fourth-order valence-electron chi connectivity index (χ4n) is 2.97. The van der Waals surface area contributed by atoms with Crippen LogP contribution >= 0.6 is 0 Å². The number of aryl methyl sites for hydroxylation is 1. The Morgan fingerprint density at radius 3 is 2.61 bits per heavy atom. The molecule has 2 N–H and O–H groups in total. The van der Waals surface area contributed by atoms with E-state index in [1.54, 1.807) is 36.8 Å². The van der Waals surface area contributed by atoms with Gasteiger partial charge in [0.1, 0.15) is 16.9 Å². The Hall–Kier alpha value is -3.94. The van der Waals surface area contributed by atoms with Gasteiger partial charge in [0.2, 0.25) is 5.69 Å². The molecule has 0 radical (unpaired) electrons. The van der Waals surface area contributed by atoms with Crippen LogP contribution in [0.3, 0.4) is 0 Å². The first-order chi connectivity index (χ1) is 13.6. The molecule has 28 heavy (non-hydrogen) atoms. The number of aromatic carboxylic acids is 1. The van der Waals surface area contributed by atoms with E-state index in [-0.39, 0.29) is 5.56 Å². The summed E-state index contributed by atoms with van der Waals surface area (Å²) in [5.41, 5.74) is 2.97. The van der Waals surface area contributed by atoms with E-state index in [1.807, 2.05) is 19.1 Å². The molecule has 0 unspecified atom stereocenters. The summed E-state index contributed by atoms with van der Waals surface area (Å²) in [6.07, 6.45) is 4.96. The van der Waals surface area contributed by atoms with E-state index in [9.17, 15) is 14.7 Å². The number of aromatic nitrogens is 2. The Morgan fingerprint density at radius 1 is 1.07 bits per heavy atom. The van der Waals surface area contributed by atoms with Crippen molar-refractivity contribution in [2.45, 2.75) is 13.5 Å². The maximum absolute atomic E-state index is 13.1. The van der Waals surface area contributed by atoms with Crippen LogP contribution in [0.1, 0.15) is 31.8 Å². The third kappa shape index (κ3) is 3.01. The number of carbonyl (C=O) groups excluding carboxylic acids is 1. The number of hydrogen-bond donors (Lipinski definition) is 2. The number of azo groups is 2. The monoisotopic (exact) mass is 374 g/mol. The van der Waals surface area contributed by atoms with Crippen LogP contribution in [0.2, 0.25) is 0 Å². The van der Waals surface area contributed by atoms with Gasteiger partial charge in [0.25, 0.3) is 5.69 Å². The zero-order chi connectivity index (χ0) is 19.7. The average molecular weight is 374 g/mol. The number of carbonyl (C=O) groups is 2. The van der Waals surface area contributed by atoms with Gasteiger partial charge in [0.15, 0.2) is 0 Å². The summed E-state index contributed by atoms with van der Waals surface area (Å²) >= 11 is 0. The van der Waals surface area contributed by atoms with Crippen LogP contribution in [0.25, 0.3) is 0 Å². The molecule has 1 amide bonds. The van der Waals surface area contributed by atoms with E-state index < -0.39 is 11.9 Å². The third-order valence-corrected chi connectivity index (χ3v) is 4.43. The minimum Gasteiger partial charge on any atom is -0.477 e. The van der Waals surface area contributed by atoms with Crippen LogP contribution in [0.5, 0.6) is 0 Å². The smallest absolute Gasteiger partial charge is 0.453 e. The minimum absolute atomic E-state index is 0.0409. The lowest BCUT2D eigenvalue weighted by Gasteiger charge is -2.14. The number of rotatable bonds is 5. The minimum atomic E-state index is -1.11. The quantitative estimate of drug-likeness (QED) is 0.660. The van der Waals surface area contributed by atoms with E-state index in [0.717, 1.165) is 15.8 Å². The number of benzene rings is 1. The van der Waals surface area contributed by atoms with Crippen molar-refractivity contribution < 1.29 is 19.4 Å². The van der Waals surface area contributed by atoms with Crippen molar-refractivity contribution >= 4 is 29.1 Å². The van der Waals surface area contributed by atoms with Gasteiger partial charge < -0.3 is 10.4 Å². The van der Waals surface area contributed by atoms with Crippen molar-refractivity contribution in [3.8, 4) is 0 Å². The van der Waals surface area contributed by atoms with Crippen LogP contribution < -0.4 is 5.32 Å². The Kier molecular flexibility index (Phi) is 4.36. The molecule has 3 heterocycles. The lowest BCUT2D eigenvalue weighted by molar-refractivity contribution is -0.425. The number of fused-ring (bicyclic) bond motifs is 1. The Balaban J connectivity index is 1.64. The number of carboxylic acids is 1. The number of carboxylic acid groups (broad SMARTS) is 1. The first-order valence-corrected chi connectivity index (χ1v) is 8.57. The highest BCUT2D eigenvalue weighted by atomic mass is 16.4. The molecule has 2 aromatic heterocycles. The molecule has 0 saturated heterocycles. The number of hydrogen-bond acceptors (Lipinski definition) is 6. The average Bonchev–Trinajstić information content (AvgIpc) is 2.68. The topological polar surface area (TPSA) is 108 Å². The summed E-state index contributed by atoms with van der Waals surface area (Å²) in [5, 5.41) is 16.8. The highest BCUT2D eigenvalue weighted by Gasteiger charge is 2.43. The predicted octanol–water partition coefficient (Wildman–Crippen LogP) is 3.68. The van der Waals surface area contributed by atoms with E-state index in [4.69, 9.17) is 0 Å². The number of pyridine rings is 2. The van der Waals surface area contributed by atoms with E-state index >= 15 is 0 Å². The van der Waals surface area contributed by atoms with Crippen molar-refractivity contribution in [3.63, 3.8) is 0 Å². The maximum atomic E-state index is 13.1. The van der Waals surface area contributed by atoms with E-state index in [0.29, 0.717) is 29.3 Å². The third-order valence-electron chi connectivity index (χ3n) is 4.43. The maximum Gasteiger partial charge on any atom is 0.453 e. The largest absolute Gasteiger partial charge is 0.477 e. The summed E-state index contributed by atoms with van der Waals surface area (Å²) in [4.78, 5) is 32.8. The summed E-state index contributed by atoms with van der Waals surface area (Å²) in [7, 11) is 0. The van der Waals surface area contributed by atoms with Gasteiger partial charge in [-0.3, -0.25) is 4.98 Å². The van der Waals surface area contributed by atoms with Crippen molar-refractivity contribution in [3.05, 3.63) is 77.2 Å². The van der Waals surface area contributed by atoms with Crippen LogP contribution in [-0.4, -0.2) is 31.6 Å². The molecule has 1 aromatic carbocycles. The molecular formula is C20H16N5O3+. The Morgan fingerprint density at radius 2 is 1.86 bits per heavy atom. The number of anilines is 1. The van der Waals surface area contributed by atoms with Crippen LogP contribution in [0.15, 0.2) is 60.1 Å². The second-order valence-electron chi connectivity index (χ2n) is 6.26. The summed E-state index contributed by atoms with van der Waals surface area (Å²) in [6, 6.07) is 10.2. The summed E-state index contributed by atoms with van der Waals surface area (Å²) in [5.74, 6) is -1.14. The Labute approximate surface area is 160 Å². The molecule has 0 atom stereocenters. The van der Waals surface area contributed by atoms with Gasteiger partial charge in [-0.05, 0) is 53.1 Å². The van der Waals surface area contributed by atoms with Gasteiger partial charge in [0.05, 0.1) is 0 Å². The highest BCUT2D eigenvalue weighted by molar-refractivity contribution is 6.01. The van der Waals surface area contributed by atoms with E-state index in [2.05, 4.69) is 20.4 Å². The molecular weight excluding hydrogens is 358 g/mol.